The Morgan fingerprint density at radius 3 is 2.77 bits per heavy atom. The molecule has 2 aromatic heterocycles. The minimum atomic E-state index is -0.378. The standard InChI is InChI=1S/C18H13Cl2N3O2S/c1-10(22-23-18(25)12-3-2-6-21-8-12)13-9-26-17(16(13)24)11-4-5-14(19)15(20)7-11/h2-9,24H,1H3,(H,23,25)/b22-10+. The van der Waals surface area contributed by atoms with E-state index in [4.69, 9.17) is 23.2 Å². The van der Waals surface area contributed by atoms with E-state index in [0.717, 1.165) is 5.56 Å². The van der Waals surface area contributed by atoms with Gasteiger partial charge < -0.3 is 5.11 Å². The van der Waals surface area contributed by atoms with Crippen LogP contribution in [0.3, 0.4) is 0 Å². The van der Waals surface area contributed by atoms with Gasteiger partial charge in [-0.15, -0.1) is 11.3 Å². The molecule has 0 unspecified atom stereocenters. The van der Waals surface area contributed by atoms with Crippen molar-refractivity contribution >= 4 is 46.2 Å². The van der Waals surface area contributed by atoms with Gasteiger partial charge in [-0.25, -0.2) is 5.43 Å². The van der Waals surface area contributed by atoms with Crippen LogP contribution in [0.25, 0.3) is 10.4 Å². The quantitative estimate of drug-likeness (QED) is 0.474. The van der Waals surface area contributed by atoms with Gasteiger partial charge in [0, 0.05) is 17.8 Å². The van der Waals surface area contributed by atoms with Crippen LogP contribution in [-0.4, -0.2) is 21.7 Å². The Hall–Kier alpha value is -2.41. The Kier molecular flexibility index (Phi) is 5.56. The number of carbonyl (C=O) groups excluding carboxylic acids is 1. The number of nitrogens with one attached hydrogen (secondary N) is 1. The number of rotatable bonds is 4. The summed E-state index contributed by atoms with van der Waals surface area (Å²) in [6.07, 6.45) is 3.03. The van der Waals surface area contributed by atoms with Crippen molar-refractivity contribution in [2.24, 2.45) is 5.10 Å². The van der Waals surface area contributed by atoms with Crippen LogP contribution in [0.4, 0.5) is 0 Å². The molecule has 0 spiro atoms. The number of benzene rings is 1. The summed E-state index contributed by atoms with van der Waals surface area (Å²) in [6.45, 7) is 1.70. The maximum Gasteiger partial charge on any atom is 0.272 e. The Morgan fingerprint density at radius 1 is 1.27 bits per heavy atom. The molecule has 3 rings (SSSR count). The monoisotopic (exact) mass is 405 g/mol. The minimum absolute atomic E-state index is 0.0743. The molecule has 1 aromatic carbocycles. The average Bonchev–Trinajstić information content (AvgIpc) is 3.04. The third-order valence-corrected chi connectivity index (χ3v) is 5.34. The molecule has 0 radical (unpaired) electrons. The number of amides is 1. The van der Waals surface area contributed by atoms with E-state index in [2.05, 4.69) is 15.5 Å². The van der Waals surface area contributed by atoms with E-state index in [1.807, 2.05) is 0 Å². The van der Waals surface area contributed by atoms with Gasteiger partial charge in [-0.1, -0.05) is 29.3 Å². The number of aromatic nitrogens is 1. The Morgan fingerprint density at radius 2 is 2.08 bits per heavy atom. The second-order valence-corrected chi connectivity index (χ2v) is 7.03. The van der Waals surface area contributed by atoms with Crippen LogP contribution in [0.15, 0.2) is 53.2 Å². The summed E-state index contributed by atoms with van der Waals surface area (Å²) in [5.74, 6) is -0.304. The fourth-order valence-corrected chi connectivity index (χ4v) is 3.51. The highest BCUT2D eigenvalue weighted by molar-refractivity contribution is 7.14. The van der Waals surface area contributed by atoms with Crippen molar-refractivity contribution in [1.29, 1.82) is 0 Å². The van der Waals surface area contributed by atoms with E-state index < -0.39 is 0 Å². The molecule has 0 aliphatic carbocycles. The fraction of sp³-hybridized carbons (Fsp3) is 0.0556. The summed E-state index contributed by atoms with van der Waals surface area (Å²) >= 11 is 13.3. The largest absolute Gasteiger partial charge is 0.506 e. The first-order valence-corrected chi connectivity index (χ1v) is 9.12. The van der Waals surface area contributed by atoms with Crippen LogP contribution in [0.5, 0.6) is 5.75 Å². The molecule has 1 amide bonds. The summed E-state index contributed by atoms with van der Waals surface area (Å²) in [5, 5.41) is 17.2. The van der Waals surface area contributed by atoms with Crippen LogP contribution >= 0.6 is 34.5 Å². The molecule has 0 saturated carbocycles. The van der Waals surface area contributed by atoms with Crippen LogP contribution < -0.4 is 5.43 Å². The average molecular weight is 406 g/mol. The zero-order chi connectivity index (χ0) is 18.7. The summed E-state index contributed by atoms with van der Waals surface area (Å²) in [4.78, 5) is 16.5. The molecule has 132 valence electrons. The molecule has 0 bridgehead atoms. The second-order valence-electron chi connectivity index (χ2n) is 5.34. The first-order valence-electron chi connectivity index (χ1n) is 7.48. The number of halogens is 2. The molecule has 0 atom stereocenters. The maximum absolute atomic E-state index is 12.0. The molecule has 5 nitrogen and oxygen atoms in total. The van der Waals surface area contributed by atoms with Crippen LogP contribution in [0, 0.1) is 0 Å². The molecule has 0 fully saturated rings. The van der Waals surface area contributed by atoms with Gasteiger partial charge in [-0.05, 0) is 36.8 Å². The zero-order valence-electron chi connectivity index (χ0n) is 13.5. The molecular weight excluding hydrogens is 393 g/mol. The van der Waals surface area contributed by atoms with Gasteiger partial charge in [0.1, 0.15) is 5.75 Å². The topological polar surface area (TPSA) is 74.6 Å². The number of pyridine rings is 1. The smallest absolute Gasteiger partial charge is 0.272 e. The van der Waals surface area contributed by atoms with Gasteiger partial charge >= 0.3 is 0 Å². The SMILES string of the molecule is C/C(=N\NC(=O)c1cccnc1)c1csc(-c2ccc(Cl)c(Cl)c2)c1O. The first-order chi connectivity index (χ1) is 12.5. The number of carbonyl (C=O) groups is 1. The number of aromatic hydroxyl groups is 1. The molecule has 8 heteroatoms. The van der Waals surface area contributed by atoms with Crippen molar-refractivity contribution < 1.29 is 9.90 Å². The summed E-state index contributed by atoms with van der Waals surface area (Å²) < 4.78 is 0. The van der Waals surface area contributed by atoms with E-state index in [0.29, 0.717) is 31.8 Å². The zero-order valence-corrected chi connectivity index (χ0v) is 15.9. The van der Waals surface area contributed by atoms with Gasteiger partial charge in [-0.3, -0.25) is 9.78 Å². The lowest BCUT2D eigenvalue weighted by molar-refractivity contribution is 0.0954. The molecule has 2 heterocycles. The lowest BCUT2D eigenvalue weighted by atomic mass is 10.1. The van der Waals surface area contributed by atoms with Gasteiger partial charge in [0.2, 0.25) is 0 Å². The van der Waals surface area contributed by atoms with Gasteiger partial charge in [-0.2, -0.15) is 5.10 Å². The Balaban J connectivity index is 1.82. The number of hydrogen-bond acceptors (Lipinski definition) is 5. The van der Waals surface area contributed by atoms with Crippen molar-refractivity contribution in [2.45, 2.75) is 6.92 Å². The van der Waals surface area contributed by atoms with Crippen LogP contribution in [-0.2, 0) is 0 Å². The highest BCUT2D eigenvalue weighted by atomic mass is 35.5. The highest BCUT2D eigenvalue weighted by Gasteiger charge is 2.16. The van der Waals surface area contributed by atoms with Gasteiger partial charge in [0.05, 0.1) is 31.8 Å². The van der Waals surface area contributed by atoms with Crippen molar-refractivity contribution in [3.63, 3.8) is 0 Å². The summed E-state index contributed by atoms with van der Waals surface area (Å²) in [7, 11) is 0. The van der Waals surface area contributed by atoms with Crippen LogP contribution in [0.1, 0.15) is 22.8 Å². The van der Waals surface area contributed by atoms with Crippen molar-refractivity contribution in [2.75, 3.05) is 0 Å². The van der Waals surface area contributed by atoms with E-state index in [1.54, 1.807) is 48.8 Å². The predicted molar refractivity (Wildman–Crippen MR) is 105 cm³/mol. The van der Waals surface area contributed by atoms with Gasteiger partial charge in [0.15, 0.2) is 0 Å². The normalized spacial score (nSPS) is 11.4. The molecule has 0 aliphatic heterocycles. The molecular formula is C18H13Cl2N3O2S. The van der Waals surface area contributed by atoms with Crippen molar-refractivity contribution in [3.8, 4) is 16.2 Å². The van der Waals surface area contributed by atoms with Gasteiger partial charge in [0.25, 0.3) is 5.91 Å². The lowest BCUT2D eigenvalue weighted by Gasteiger charge is -2.04. The third kappa shape index (κ3) is 3.88. The number of nitrogens with zero attached hydrogens (tertiary/aromatic N) is 2. The molecule has 0 saturated heterocycles. The van der Waals surface area contributed by atoms with E-state index in [9.17, 15) is 9.90 Å². The predicted octanol–water partition coefficient (Wildman–Crippen LogP) is 4.98. The van der Waals surface area contributed by atoms with E-state index in [-0.39, 0.29) is 11.7 Å². The number of hydrazone groups is 1. The van der Waals surface area contributed by atoms with Crippen molar-refractivity contribution in [3.05, 3.63) is 69.3 Å². The highest BCUT2D eigenvalue weighted by Crippen LogP contribution is 2.40. The number of thiophene rings is 1. The Bertz CT molecular complexity index is 987. The molecule has 26 heavy (non-hydrogen) atoms. The third-order valence-electron chi connectivity index (χ3n) is 3.59. The second kappa shape index (κ2) is 7.86. The fourth-order valence-electron chi connectivity index (χ4n) is 2.21. The lowest BCUT2D eigenvalue weighted by Crippen LogP contribution is -2.19. The molecule has 0 aliphatic rings. The minimum Gasteiger partial charge on any atom is -0.506 e. The van der Waals surface area contributed by atoms with Crippen molar-refractivity contribution in [1.82, 2.24) is 10.4 Å². The number of hydrogen-bond donors (Lipinski definition) is 2. The maximum atomic E-state index is 12.0. The first kappa shape index (κ1) is 18.4. The molecule has 3 aromatic rings. The Labute approximate surface area is 163 Å². The summed E-state index contributed by atoms with van der Waals surface area (Å²) in [5.41, 5.74) is 4.61. The van der Waals surface area contributed by atoms with E-state index >= 15 is 0 Å². The van der Waals surface area contributed by atoms with E-state index in [1.165, 1.54) is 17.5 Å². The molecule has 2 N–H and O–H groups in total. The summed E-state index contributed by atoms with van der Waals surface area (Å²) in [6, 6.07) is 8.44. The van der Waals surface area contributed by atoms with Crippen LogP contribution in [0.2, 0.25) is 10.0 Å².